The van der Waals surface area contributed by atoms with E-state index in [1.807, 2.05) is 0 Å². The van der Waals surface area contributed by atoms with Crippen molar-refractivity contribution in [2.75, 3.05) is 11.9 Å². The van der Waals surface area contributed by atoms with Crippen molar-refractivity contribution in [2.45, 2.75) is 36.5 Å². The minimum atomic E-state index is -2.43. The SMILES string of the molecule is CC1CCCNC1C(=O)Nc1ccc(SC(F)F)cc1. The lowest BCUT2D eigenvalue weighted by Crippen LogP contribution is -2.48. The summed E-state index contributed by atoms with van der Waals surface area (Å²) in [6.07, 6.45) is 2.12. The number of nitrogens with one attached hydrogen (secondary N) is 2. The Morgan fingerprint density at radius 2 is 2.10 bits per heavy atom. The normalized spacial score (nSPS) is 22.8. The molecule has 1 aromatic rings. The van der Waals surface area contributed by atoms with Crippen molar-refractivity contribution in [3.8, 4) is 0 Å². The molecule has 2 unspecified atom stereocenters. The van der Waals surface area contributed by atoms with Crippen molar-refractivity contribution in [2.24, 2.45) is 5.92 Å². The highest BCUT2D eigenvalue weighted by Gasteiger charge is 2.27. The molecule has 0 aromatic heterocycles. The van der Waals surface area contributed by atoms with Gasteiger partial charge in [0.2, 0.25) is 5.91 Å². The first-order chi connectivity index (χ1) is 9.56. The third-order valence-electron chi connectivity index (χ3n) is 3.40. The third kappa shape index (κ3) is 4.18. The number of thioether (sulfide) groups is 1. The number of hydrogen-bond donors (Lipinski definition) is 2. The first kappa shape index (κ1) is 15.3. The van der Waals surface area contributed by atoms with E-state index in [1.165, 1.54) is 0 Å². The van der Waals surface area contributed by atoms with Crippen LogP contribution in [0.1, 0.15) is 19.8 Å². The maximum absolute atomic E-state index is 12.2. The Morgan fingerprint density at radius 1 is 1.40 bits per heavy atom. The molecule has 2 rings (SSSR count). The molecule has 0 spiro atoms. The minimum Gasteiger partial charge on any atom is -0.325 e. The van der Waals surface area contributed by atoms with Gasteiger partial charge in [0.1, 0.15) is 0 Å². The molecule has 2 N–H and O–H groups in total. The van der Waals surface area contributed by atoms with Crippen molar-refractivity contribution >= 4 is 23.4 Å². The van der Waals surface area contributed by atoms with E-state index in [0.29, 0.717) is 28.3 Å². The number of rotatable bonds is 4. The molecular weight excluding hydrogens is 282 g/mol. The molecule has 0 saturated carbocycles. The molecule has 1 fully saturated rings. The topological polar surface area (TPSA) is 41.1 Å². The van der Waals surface area contributed by atoms with Crippen LogP contribution in [0.25, 0.3) is 0 Å². The van der Waals surface area contributed by atoms with Gasteiger partial charge >= 0.3 is 0 Å². The summed E-state index contributed by atoms with van der Waals surface area (Å²) in [6, 6.07) is 6.29. The van der Waals surface area contributed by atoms with Crippen molar-refractivity contribution in [1.29, 1.82) is 0 Å². The highest BCUT2D eigenvalue weighted by molar-refractivity contribution is 7.99. The van der Waals surface area contributed by atoms with Gasteiger partial charge in [-0.3, -0.25) is 4.79 Å². The van der Waals surface area contributed by atoms with E-state index < -0.39 is 5.76 Å². The number of carbonyl (C=O) groups excluding carboxylic acids is 1. The maximum atomic E-state index is 12.2. The highest BCUT2D eigenvalue weighted by atomic mass is 32.2. The molecular formula is C14H18F2N2OS. The first-order valence-corrected chi connectivity index (χ1v) is 7.53. The van der Waals surface area contributed by atoms with Crippen LogP contribution in [0.15, 0.2) is 29.2 Å². The van der Waals surface area contributed by atoms with Gasteiger partial charge in [-0.05, 0) is 49.6 Å². The number of hydrogen-bond acceptors (Lipinski definition) is 3. The number of anilines is 1. The second kappa shape index (κ2) is 7.04. The van der Waals surface area contributed by atoms with Crippen LogP contribution in [-0.4, -0.2) is 24.3 Å². The maximum Gasteiger partial charge on any atom is 0.288 e. The minimum absolute atomic E-state index is 0.0635. The number of halogens is 2. The molecule has 0 bridgehead atoms. The number of amides is 1. The van der Waals surface area contributed by atoms with E-state index in [4.69, 9.17) is 0 Å². The fourth-order valence-corrected chi connectivity index (χ4v) is 2.84. The smallest absolute Gasteiger partial charge is 0.288 e. The predicted octanol–water partition coefficient (Wildman–Crippen LogP) is 3.33. The first-order valence-electron chi connectivity index (χ1n) is 6.65. The van der Waals surface area contributed by atoms with Crippen molar-refractivity contribution < 1.29 is 13.6 Å². The quantitative estimate of drug-likeness (QED) is 0.838. The lowest BCUT2D eigenvalue weighted by Gasteiger charge is -2.28. The van der Waals surface area contributed by atoms with Gasteiger partial charge in [0.25, 0.3) is 5.76 Å². The molecule has 20 heavy (non-hydrogen) atoms. The fourth-order valence-electron chi connectivity index (χ4n) is 2.34. The molecule has 0 aliphatic carbocycles. The van der Waals surface area contributed by atoms with E-state index in [1.54, 1.807) is 24.3 Å². The average Bonchev–Trinajstić information content (AvgIpc) is 2.41. The Bertz CT molecular complexity index is 453. The van der Waals surface area contributed by atoms with E-state index in [0.717, 1.165) is 19.4 Å². The second-order valence-corrected chi connectivity index (χ2v) is 6.01. The summed E-state index contributed by atoms with van der Waals surface area (Å²) in [5, 5.41) is 6.04. The number of benzene rings is 1. The molecule has 2 atom stereocenters. The molecule has 0 radical (unpaired) electrons. The third-order valence-corrected chi connectivity index (χ3v) is 4.12. The van der Waals surface area contributed by atoms with Gasteiger partial charge in [-0.25, -0.2) is 0 Å². The summed E-state index contributed by atoms with van der Waals surface area (Å²) >= 11 is 0.496. The molecule has 1 heterocycles. The van der Waals surface area contributed by atoms with Crippen LogP contribution in [0.3, 0.4) is 0 Å². The van der Waals surface area contributed by atoms with E-state index in [9.17, 15) is 13.6 Å². The van der Waals surface area contributed by atoms with Crippen LogP contribution in [0, 0.1) is 5.92 Å². The Kier molecular flexibility index (Phi) is 5.37. The lowest BCUT2D eigenvalue weighted by atomic mass is 9.92. The zero-order valence-corrected chi connectivity index (χ0v) is 12.1. The zero-order chi connectivity index (χ0) is 14.5. The summed E-state index contributed by atoms with van der Waals surface area (Å²) in [5.41, 5.74) is 0.633. The van der Waals surface area contributed by atoms with Gasteiger partial charge < -0.3 is 10.6 Å². The predicted molar refractivity (Wildman–Crippen MR) is 77.1 cm³/mol. The van der Waals surface area contributed by atoms with E-state index in [-0.39, 0.29) is 11.9 Å². The van der Waals surface area contributed by atoms with Crippen LogP contribution in [0.2, 0.25) is 0 Å². The summed E-state index contributed by atoms with van der Waals surface area (Å²) < 4.78 is 24.4. The van der Waals surface area contributed by atoms with Gasteiger partial charge in [0, 0.05) is 10.6 Å². The van der Waals surface area contributed by atoms with Crippen molar-refractivity contribution in [3.63, 3.8) is 0 Å². The van der Waals surface area contributed by atoms with Gasteiger partial charge in [0.05, 0.1) is 6.04 Å². The Morgan fingerprint density at radius 3 is 2.70 bits per heavy atom. The zero-order valence-electron chi connectivity index (χ0n) is 11.2. The summed E-state index contributed by atoms with van der Waals surface area (Å²) in [6.45, 7) is 2.91. The van der Waals surface area contributed by atoms with Crippen LogP contribution >= 0.6 is 11.8 Å². The largest absolute Gasteiger partial charge is 0.325 e. The lowest BCUT2D eigenvalue weighted by molar-refractivity contribution is -0.119. The molecule has 1 saturated heterocycles. The fraction of sp³-hybridized carbons (Fsp3) is 0.500. The summed E-state index contributed by atoms with van der Waals surface area (Å²) in [7, 11) is 0. The van der Waals surface area contributed by atoms with Gasteiger partial charge in [-0.2, -0.15) is 8.78 Å². The standard InChI is InChI=1S/C14H18F2N2OS/c1-9-3-2-8-17-12(9)13(19)18-10-4-6-11(7-5-10)20-14(15)16/h4-7,9,12,14,17H,2-3,8H2,1H3,(H,18,19). The van der Waals surface area contributed by atoms with Gasteiger partial charge in [0.15, 0.2) is 0 Å². The van der Waals surface area contributed by atoms with Crippen molar-refractivity contribution in [1.82, 2.24) is 5.32 Å². The Balaban J connectivity index is 1.93. The molecule has 110 valence electrons. The number of carbonyl (C=O) groups is 1. The number of alkyl halides is 2. The molecule has 1 aromatic carbocycles. The van der Waals surface area contributed by atoms with Crippen molar-refractivity contribution in [3.05, 3.63) is 24.3 Å². The van der Waals surface area contributed by atoms with E-state index >= 15 is 0 Å². The van der Waals surface area contributed by atoms with Crippen LogP contribution in [0.4, 0.5) is 14.5 Å². The number of piperidine rings is 1. The second-order valence-electron chi connectivity index (χ2n) is 4.94. The molecule has 1 aliphatic heterocycles. The Hall–Kier alpha value is -1.14. The summed E-state index contributed by atoms with van der Waals surface area (Å²) in [5.74, 6) is -2.19. The van der Waals surface area contributed by atoms with E-state index in [2.05, 4.69) is 17.6 Å². The molecule has 1 aliphatic rings. The summed E-state index contributed by atoms with van der Waals surface area (Å²) in [4.78, 5) is 12.6. The Labute approximate surface area is 121 Å². The van der Waals surface area contributed by atoms with Crippen LogP contribution in [-0.2, 0) is 4.79 Å². The molecule has 1 amide bonds. The van der Waals surface area contributed by atoms with Crippen LogP contribution in [0.5, 0.6) is 0 Å². The monoisotopic (exact) mass is 300 g/mol. The molecule has 6 heteroatoms. The molecule has 3 nitrogen and oxygen atoms in total. The van der Waals surface area contributed by atoms with Crippen LogP contribution < -0.4 is 10.6 Å². The highest BCUT2D eigenvalue weighted by Crippen LogP contribution is 2.26. The van der Waals surface area contributed by atoms with Gasteiger partial charge in [-0.1, -0.05) is 18.7 Å². The average molecular weight is 300 g/mol. The van der Waals surface area contributed by atoms with Gasteiger partial charge in [-0.15, -0.1) is 0 Å².